The van der Waals surface area contributed by atoms with Gasteiger partial charge in [0.2, 0.25) is 0 Å². The first kappa shape index (κ1) is 12.2. The topological polar surface area (TPSA) is 44.5 Å². The second kappa shape index (κ2) is 4.53. The number of methoxy groups -OCH3 is 2. The maximum atomic E-state index is 14.3. The largest absolute Gasteiger partial charge is 0.493 e. The number of ether oxygens (including phenoxy) is 2. The average molecular weight is 239 g/mol. The molecule has 0 heterocycles. The van der Waals surface area contributed by atoms with Crippen molar-refractivity contribution in [3.05, 3.63) is 23.5 Å². The second-order valence-corrected chi connectivity index (χ2v) is 4.53. The third-order valence-corrected chi connectivity index (χ3v) is 3.52. The predicted molar refractivity (Wildman–Crippen MR) is 63.8 cm³/mol. The van der Waals surface area contributed by atoms with Crippen LogP contribution in [0.5, 0.6) is 11.5 Å². The second-order valence-electron chi connectivity index (χ2n) is 4.53. The molecule has 4 heteroatoms. The molecule has 0 aromatic heterocycles. The van der Waals surface area contributed by atoms with Gasteiger partial charge in [-0.25, -0.2) is 4.39 Å². The van der Waals surface area contributed by atoms with E-state index in [0.717, 1.165) is 25.7 Å². The average Bonchev–Trinajstić information content (AvgIpc) is 2.76. The summed E-state index contributed by atoms with van der Waals surface area (Å²) >= 11 is 0. The third kappa shape index (κ3) is 1.97. The first-order chi connectivity index (χ1) is 8.12. The van der Waals surface area contributed by atoms with Crippen molar-refractivity contribution in [2.24, 2.45) is 5.73 Å². The van der Waals surface area contributed by atoms with Crippen molar-refractivity contribution >= 4 is 0 Å². The van der Waals surface area contributed by atoms with Gasteiger partial charge in [0.1, 0.15) is 0 Å². The Balaban J connectivity index is 2.49. The van der Waals surface area contributed by atoms with Crippen molar-refractivity contribution < 1.29 is 13.9 Å². The molecule has 0 amide bonds. The van der Waals surface area contributed by atoms with Crippen LogP contribution in [0.1, 0.15) is 31.2 Å². The van der Waals surface area contributed by atoms with Gasteiger partial charge in [-0.3, -0.25) is 0 Å². The lowest BCUT2D eigenvalue weighted by Crippen LogP contribution is -2.34. The SMILES string of the molecule is COc1ccc(C2(N)CCCC2)c(F)c1OC. The van der Waals surface area contributed by atoms with E-state index >= 15 is 0 Å². The third-order valence-electron chi connectivity index (χ3n) is 3.52. The van der Waals surface area contributed by atoms with Crippen LogP contribution in [-0.4, -0.2) is 14.2 Å². The predicted octanol–water partition coefficient (Wildman–Crippen LogP) is 2.57. The highest BCUT2D eigenvalue weighted by molar-refractivity contribution is 5.46. The van der Waals surface area contributed by atoms with E-state index < -0.39 is 11.4 Å². The number of benzene rings is 1. The molecular formula is C13H18FNO2. The van der Waals surface area contributed by atoms with Crippen LogP contribution >= 0.6 is 0 Å². The summed E-state index contributed by atoms with van der Waals surface area (Å²) in [4.78, 5) is 0. The Labute approximate surface area is 101 Å². The van der Waals surface area contributed by atoms with E-state index in [1.165, 1.54) is 14.2 Å². The van der Waals surface area contributed by atoms with Gasteiger partial charge in [-0.1, -0.05) is 18.9 Å². The zero-order chi connectivity index (χ0) is 12.5. The standard InChI is InChI=1S/C13H18FNO2/c1-16-10-6-5-9(11(14)12(10)17-2)13(15)7-3-4-8-13/h5-6H,3-4,7-8,15H2,1-2H3. The molecule has 2 rings (SSSR count). The minimum atomic E-state index is -0.552. The fourth-order valence-electron chi connectivity index (χ4n) is 2.55. The Hall–Kier alpha value is -1.29. The van der Waals surface area contributed by atoms with Gasteiger partial charge >= 0.3 is 0 Å². The first-order valence-corrected chi connectivity index (χ1v) is 5.82. The molecule has 17 heavy (non-hydrogen) atoms. The van der Waals surface area contributed by atoms with Gasteiger partial charge < -0.3 is 15.2 Å². The summed E-state index contributed by atoms with van der Waals surface area (Å²) in [5.41, 5.74) is 6.24. The van der Waals surface area contributed by atoms with E-state index in [0.29, 0.717) is 11.3 Å². The molecule has 2 N–H and O–H groups in total. The van der Waals surface area contributed by atoms with Crippen molar-refractivity contribution in [3.8, 4) is 11.5 Å². The van der Waals surface area contributed by atoms with E-state index in [9.17, 15) is 4.39 Å². The smallest absolute Gasteiger partial charge is 0.197 e. The summed E-state index contributed by atoms with van der Waals surface area (Å²) in [6.07, 6.45) is 3.73. The van der Waals surface area contributed by atoms with Crippen molar-refractivity contribution in [2.75, 3.05) is 14.2 Å². The number of rotatable bonds is 3. The zero-order valence-electron chi connectivity index (χ0n) is 10.3. The van der Waals surface area contributed by atoms with Gasteiger partial charge in [-0.15, -0.1) is 0 Å². The summed E-state index contributed by atoms with van der Waals surface area (Å²) in [6.45, 7) is 0. The van der Waals surface area contributed by atoms with E-state index in [1.54, 1.807) is 12.1 Å². The van der Waals surface area contributed by atoms with Crippen LogP contribution in [0.4, 0.5) is 4.39 Å². The summed E-state index contributed by atoms with van der Waals surface area (Å²) in [7, 11) is 2.92. The summed E-state index contributed by atoms with van der Waals surface area (Å²) < 4.78 is 24.5. The van der Waals surface area contributed by atoms with Crippen molar-refractivity contribution in [2.45, 2.75) is 31.2 Å². The van der Waals surface area contributed by atoms with Gasteiger partial charge in [0.25, 0.3) is 0 Å². The zero-order valence-corrected chi connectivity index (χ0v) is 10.3. The Morgan fingerprint density at radius 2 is 1.82 bits per heavy atom. The fraction of sp³-hybridized carbons (Fsp3) is 0.538. The number of halogens is 1. The molecule has 3 nitrogen and oxygen atoms in total. The molecule has 0 aliphatic heterocycles. The molecule has 1 fully saturated rings. The van der Waals surface area contributed by atoms with E-state index in [4.69, 9.17) is 15.2 Å². The highest BCUT2D eigenvalue weighted by atomic mass is 19.1. The molecule has 94 valence electrons. The van der Waals surface area contributed by atoms with Crippen LogP contribution in [0.3, 0.4) is 0 Å². The van der Waals surface area contributed by atoms with Crippen LogP contribution in [0.2, 0.25) is 0 Å². The fourth-order valence-corrected chi connectivity index (χ4v) is 2.55. The van der Waals surface area contributed by atoms with Gasteiger partial charge in [-0.2, -0.15) is 0 Å². The van der Waals surface area contributed by atoms with Gasteiger partial charge in [-0.05, 0) is 18.9 Å². The summed E-state index contributed by atoms with van der Waals surface area (Å²) in [6, 6.07) is 3.42. The van der Waals surface area contributed by atoms with Crippen molar-refractivity contribution in [1.29, 1.82) is 0 Å². The lowest BCUT2D eigenvalue weighted by molar-refractivity contribution is 0.328. The number of nitrogens with two attached hydrogens (primary N) is 1. The van der Waals surface area contributed by atoms with Gasteiger partial charge in [0, 0.05) is 11.1 Å². The van der Waals surface area contributed by atoms with Gasteiger partial charge in [0.05, 0.1) is 14.2 Å². The van der Waals surface area contributed by atoms with E-state index in [-0.39, 0.29) is 5.75 Å². The Bertz CT molecular complexity index is 414. The molecule has 1 saturated carbocycles. The maximum Gasteiger partial charge on any atom is 0.197 e. The summed E-state index contributed by atoms with van der Waals surface area (Å²) in [5.74, 6) is 0.147. The molecule has 0 unspecified atom stereocenters. The lowest BCUT2D eigenvalue weighted by atomic mass is 9.88. The first-order valence-electron chi connectivity index (χ1n) is 5.82. The normalized spacial score (nSPS) is 18.1. The number of hydrogen-bond donors (Lipinski definition) is 1. The van der Waals surface area contributed by atoms with E-state index in [2.05, 4.69) is 0 Å². The quantitative estimate of drug-likeness (QED) is 0.881. The molecule has 0 atom stereocenters. The minimum Gasteiger partial charge on any atom is -0.493 e. The van der Waals surface area contributed by atoms with Crippen molar-refractivity contribution in [3.63, 3.8) is 0 Å². The van der Waals surface area contributed by atoms with Crippen LogP contribution < -0.4 is 15.2 Å². The van der Waals surface area contributed by atoms with Crippen molar-refractivity contribution in [1.82, 2.24) is 0 Å². The van der Waals surface area contributed by atoms with Gasteiger partial charge in [0.15, 0.2) is 17.3 Å². The highest BCUT2D eigenvalue weighted by Crippen LogP contribution is 2.42. The Morgan fingerprint density at radius 1 is 1.18 bits per heavy atom. The van der Waals surface area contributed by atoms with Crippen LogP contribution in [0.15, 0.2) is 12.1 Å². The van der Waals surface area contributed by atoms with E-state index in [1.807, 2.05) is 0 Å². The molecule has 1 aliphatic rings. The molecular weight excluding hydrogens is 221 g/mol. The van der Waals surface area contributed by atoms with Crippen LogP contribution in [0.25, 0.3) is 0 Å². The molecule has 0 saturated heterocycles. The van der Waals surface area contributed by atoms with Crippen LogP contribution in [0, 0.1) is 5.82 Å². The minimum absolute atomic E-state index is 0.140. The summed E-state index contributed by atoms with van der Waals surface area (Å²) in [5, 5.41) is 0. The lowest BCUT2D eigenvalue weighted by Gasteiger charge is -2.25. The highest BCUT2D eigenvalue weighted by Gasteiger charge is 2.35. The molecule has 0 radical (unpaired) electrons. The molecule has 1 aliphatic carbocycles. The molecule has 1 aromatic carbocycles. The Morgan fingerprint density at radius 3 is 2.35 bits per heavy atom. The molecule has 0 bridgehead atoms. The molecule has 1 aromatic rings. The Kier molecular flexibility index (Phi) is 3.24. The number of hydrogen-bond acceptors (Lipinski definition) is 3. The molecule has 0 spiro atoms. The maximum absolute atomic E-state index is 14.3. The van der Waals surface area contributed by atoms with Crippen LogP contribution in [-0.2, 0) is 5.54 Å². The monoisotopic (exact) mass is 239 g/mol.